The molecule has 0 bridgehead atoms. The third-order valence-electron chi connectivity index (χ3n) is 3.31. The number of carbonyl (C=O) groups is 2. The van der Waals surface area contributed by atoms with Crippen molar-refractivity contribution in [2.75, 3.05) is 7.11 Å². The molecule has 0 saturated carbocycles. The molecule has 1 aromatic carbocycles. The predicted octanol–water partition coefficient (Wildman–Crippen LogP) is 3.83. The van der Waals surface area contributed by atoms with Gasteiger partial charge >= 0.3 is 0 Å². The van der Waals surface area contributed by atoms with Gasteiger partial charge in [0.05, 0.1) is 7.11 Å². The van der Waals surface area contributed by atoms with Gasteiger partial charge in [0, 0.05) is 12.5 Å². The number of methoxy groups -OCH3 is 1. The van der Waals surface area contributed by atoms with E-state index in [4.69, 9.17) is 9.47 Å². The first-order valence-corrected chi connectivity index (χ1v) is 7.65. The van der Waals surface area contributed by atoms with Crippen LogP contribution in [0.2, 0.25) is 0 Å². The zero-order valence-electron chi connectivity index (χ0n) is 13.3. The number of ether oxygens (including phenoxy) is 2. The molecule has 0 N–H and O–H groups in total. The maximum atomic E-state index is 12.0. The molecule has 0 heterocycles. The van der Waals surface area contributed by atoms with E-state index in [0.29, 0.717) is 12.7 Å². The minimum absolute atomic E-state index is 0.114. The summed E-state index contributed by atoms with van der Waals surface area (Å²) in [6.07, 6.45) is 6.30. The minimum atomic E-state index is -0.114. The van der Waals surface area contributed by atoms with E-state index in [1.807, 2.05) is 24.3 Å². The zero-order chi connectivity index (χ0) is 16.2. The molecule has 0 saturated heterocycles. The third-order valence-corrected chi connectivity index (χ3v) is 3.31. The molecule has 4 heteroatoms. The fraction of sp³-hybridized carbons (Fsp3) is 0.444. The van der Waals surface area contributed by atoms with E-state index in [1.165, 1.54) is 6.08 Å². The summed E-state index contributed by atoms with van der Waals surface area (Å²) in [4.78, 5) is 22.7. The Morgan fingerprint density at radius 1 is 1.14 bits per heavy atom. The van der Waals surface area contributed by atoms with Crippen molar-refractivity contribution in [1.82, 2.24) is 0 Å². The second-order valence-corrected chi connectivity index (χ2v) is 5.04. The molecule has 22 heavy (non-hydrogen) atoms. The van der Waals surface area contributed by atoms with Crippen LogP contribution in [0.1, 0.15) is 44.6 Å². The number of hydrogen-bond donors (Lipinski definition) is 0. The second-order valence-electron chi connectivity index (χ2n) is 5.04. The SMILES string of the molecule is CCCCCCC(=O)/C(=C\C=O)OCc1ccc(OC)cc1. The van der Waals surface area contributed by atoms with Crippen LogP contribution in [0, 0.1) is 0 Å². The number of carbonyl (C=O) groups excluding carboxylic acids is 2. The van der Waals surface area contributed by atoms with Crippen molar-refractivity contribution in [3.63, 3.8) is 0 Å². The largest absolute Gasteiger partial charge is 0.497 e. The lowest BCUT2D eigenvalue weighted by molar-refractivity contribution is -0.119. The first kappa shape index (κ1) is 18.0. The lowest BCUT2D eigenvalue weighted by Gasteiger charge is -2.09. The lowest BCUT2D eigenvalue weighted by atomic mass is 10.1. The van der Waals surface area contributed by atoms with E-state index in [1.54, 1.807) is 7.11 Å². The van der Waals surface area contributed by atoms with Crippen LogP contribution < -0.4 is 4.74 Å². The summed E-state index contributed by atoms with van der Waals surface area (Å²) in [7, 11) is 1.60. The average Bonchev–Trinajstić information content (AvgIpc) is 2.55. The van der Waals surface area contributed by atoms with E-state index in [2.05, 4.69) is 6.92 Å². The molecule has 0 fully saturated rings. The van der Waals surface area contributed by atoms with Crippen LogP contribution in [0.3, 0.4) is 0 Å². The molecule has 1 rings (SSSR count). The van der Waals surface area contributed by atoms with Crippen molar-refractivity contribution in [2.45, 2.75) is 45.6 Å². The number of rotatable bonds is 11. The maximum Gasteiger partial charge on any atom is 0.197 e. The molecule has 0 aliphatic carbocycles. The first-order valence-electron chi connectivity index (χ1n) is 7.65. The summed E-state index contributed by atoms with van der Waals surface area (Å²) < 4.78 is 10.6. The fourth-order valence-electron chi connectivity index (χ4n) is 2.00. The molecule has 0 aliphatic heterocycles. The molecule has 1 aromatic rings. The molecule has 0 atom stereocenters. The van der Waals surface area contributed by atoms with Gasteiger partial charge in [0.1, 0.15) is 18.6 Å². The van der Waals surface area contributed by atoms with E-state index in [-0.39, 0.29) is 18.1 Å². The van der Waals surface area contributed by atoms with Crippen LogP contribution in [0.4, 0.5) is 0 Å². The van der Waals surface area contributed by atoms with Crippen molar-refractivity contribution in [1.29, 1.82) is 0 Å². The van der Waals surface area contributed by atoms with E-state index >= 15 is 0 Å². The van der Waals surface area contributed by atoms with Gasteiger partial charge in [0.2, 0.25) is 0 Å². The van der Waals surface area contributed by atoms with Gasteiger partial charge in [-0.1, -0.05) is 38.3 Å². The highest BCUT2D eigenvalue weighted by Crippen LogP contribution is 2.15. The van der Waals surface area contributed by atoms with Gasteiger partial charge in [-0.25, -0.2) is 0 Å². The topological polar surface area (TPSA) is 52.6 Å². The maximum absolute atomic E-state index is 12.0. The fourth-order valence-corrected chi connectivity index (χ4v) is 2.00. The van der Waals surface area contributed by atoms with Crippen molar-refractivity contribution in [3.8, 4) is 5.75 Å². The second kappa shape index (κ2) is 10.6. The molecule has 0 aliphatic rings. The standard InChI is InChI=1S/C18H24O4/c1-3-4-5-6-7-17(20)18(12-13-19)22-14-15-8-10-16(21-2)11-9-15/h8-13H,3-7,14H2,1-2H3/b18-12+. The van der Waals surface area contributed by atoms with Crippen LogP contribution in [-0.4, -0.2) is 19.2 Å². The molecular weight excluding hydrogens is 280 g/mol. The number of allylic oxidation sites excluding steroid dienone is 2. The number of Topliss-reactive ketones (excluding diaryl/α,β-unsaturated/α-hetero) is 1. The smallest absolute Gasteiger partial charge is 0.197 e. The van der Waals surface area contributed by atoms with Crippen molar-refractivity contribution in [3.05, 3.63) is 41.7 Å². The van der Waals surface area contributed by atoms with Gasteiger partial charge in [0.15, 0.2) is 11.5 Å². The highest BCUT2D eigenvalue weighted by molar-refractivity contribution is 5.96. The minimum Gasteiger partial charge on any atom is -0.497 e. The molecule has 0 spiro atoms. The summed E-state index contributed by atoms with van der Waals surface area (Å²) in [5.74, 6) is 0.790. The van der Waals surface area contributed by atoms with Crippen molar-refractivity contribution < 1.29 is 19.1 Å². The molecule has 0 radical (unpaired) electrons. The quantitative estimate of drug-likeness (QED) is 0.270. The Morgan fingerprint density at radius 2 is 1.86 bits per heavy atom. The Bertz CT molecular complexity index is 488. The Hall–Kier alpha value is -2.10. The molecular formula is C18H24O4. The van der Waals surface area contributed by atoms with Crippen molar-refractivity contribution in [2.24, 2.45) is 0 Å². The lowest BCUT2D eigenvalue weighted by Crippen LogP contribution is -2.07. The summed E-state index contributed by atoms with van der Waals surface area (Å²) in [6, 6.07) is 7.38. The predicted molar refractivity (Wildman–Crippen MR) is 85.7 cm³/mol. The third kappa shape index (κ3) is 6.57. The summed E-state index contributed by atoms with van der Waals surface area (Å²) in [6.45, 7) is 2.38. The number of hydrogen-bond acceptors (Lipinski definition) is 4. The number of benzene rings is 1. The summed E-state index contributed by atoms with van der Waals surface area (Å²) in [5.41, 5.74) is 0.913. The molecule has 0 aromatic heterocycles. The molecule has 120 valence electrons. The van der Waals surface area contributed by atoms with Crippen LogP contribution in [-0.2, 0) is 20.9 Å². The highest BCUT2D eigenvalue weighted by Gasteiger charge is 2.11. The average molecular weight is 304 g/mol. The van der Waals surface area contributed by atoms with E-state index < -0.39 is 0 Å². The van der Waals surface area contributed by atoms with E-state index in [0.717, 1.165) is 37.0 Å². The Labute approximate surface area is 132 Å². The van der Waals surface area contributed by atoms with Crippen LogP contribution in [0.15, 0.2) is 36.1 Å². The zero-order valence-corrected chi connectivity index (χ0v) is 13.3. The monoisotopic (exact) mass is 304 g/mol. The van der Waals surface area contributed by atoms with Crippen LogP contribution >= 0.6 is 0 Å². The number of ketones is 1. The van der Waals surface area contributed by atoms with Gasteiger partial charge in [0.25, 0.3) is 0 Å². The summed E-state index contributed by atoms with van der Waals surface area (Å²) >= 11 is 0. The van der Waals surface area contributed by atoms with Gasteiger partial charge in [-0.2, -0.15) is 0 Å². The van der Waals surface area contributed by atoms with Crippen molar-refractivity contribution >= 4 is 12.1 Å². The van der Waals surface area contributed by atoms with Crippen LogP contribution in [0.5, 0.6) is 5.75 Å². The Morgan fingerprint density at radius 3 is 2.45 bits per heavy atom. The normalized spacial score (nSPS) is 11.1. The first-order chi connectivity index (χ1) is 10.7. The van der Waals surface area contributed by atoms with Gasteiger partial charge < -0.3 is 9.47 Å². The summed E-state index contributed by atoms with van der Waals surface area (Å²) in [5, 5.41) is 0. The molecule has 0 unspecified atom stereocenters. The van der Waals surface area contributed by atoms with Gasteiger partial charge in [-0.05, 0) is 24.1 Å². The number of aldehydes is 1. The molecule has 4 nitrogen and oxygen atoms in total. The van der Waals surface area contributed by atoms with Crippen LogP contribution in [0.25, 0.3) is 0 Å². The van der Waals surface area contributed by atoms with Gasteiger partial charge in [-0.3, -0.25) is 9.59 Å². The Balaban J connectivity index is 2.51. The number of unbranched alkanes of at least 4 members (excludes halogenated alkanes) is 3. The van der Waals surface area contributed by atoms with E-state index in [9.17, 15) is 9.59 Å². The highest BCUT2D eigenvalue weighted by atomic mass is 16.5. The van der Waals surface area contributed by atoms with Gasteiger partial charge in [-0.15, -0.1) is 0 Å². The molecule has 0 amide bonds. The Kier molecular flexibility index (Phi) is 8.65.